The Morgan fingerprint density at radius 1 is 0.862 bits per heavy atom. The summed E-state index contributed by atoms with van der Waals surface area (Å²) in [7, 11) is 1.72. The molecule has 3 aromatic carbocycles. The van der Waals surface area contributed by atoms with Crippen molar-refractivity contribution in [3.8, 4) is 0 Å². The lowest BCUT2D eigenvalue weighted by Crippen LogP contribution is -2.27. The monoisotopic (exact) mass is 426 g/mol. The van der Waals surface area contributed by atoms with Crippen LogP contribution >= 0.6 is 23.2 Å². The number of halogens is 2. The summed E-state index contributed by atoms with van der Waals surface area (Å²) in [6, 6.07) is 17.3. The van der Waals surface area contributed by atoms with E-state index in [1.54, 1.807) is 72.6 Å². The van der Waals surface area contributed by atoms with Crippen molar-refractivity contribution < 1.29 is 9.59 Å². The Morgan fingerprint density at radius 3 is 2.21 bits per heavy atom. The van der Waals surface area contributed by atoms with Crippen LogP contribution in [-0.4, -0.2) is 18.9 Å². The quantitative estimate of drug-likeness (QED) is 0.544. The fraction of sp³-hybridized carbons (Fsp3) is 0.130. The molecule has 6 heteroatoms. The molecular weight excluding hydrogens is 407 g/mol. The first-order valence-electron chi connectivity index (χ1n) is 8.98. The van der Waals surface area contributed by atoms with Crippen LogP contribution in [0.5, 0.6) is 0 Å². The zero-order chi connectivity index (χ0) is 21.1. The first kappa shape index (κ1) is 20.9. The molecule has 29 heavy (non-hydrogen) atoms. The SMILES string of the molecule is Cc1c(NC(=O)c2cccc(Cl)c2)ccc(C(=O)N(C)c2ccc(Cl)cc2)c1C. The van der Waals surface area contributed by atoms with E-state index < -0.39 is 0 Å². The summed E-state index contributed by atoms with van der Waals surface area (Å²) < 4.78 is 0. The summed E-state index contributed by atoms with van der Waals surface area (Å²) in [5, 5.41) is 4.00. The molecule has 0 saturated carbocycles. The van der Waals surface area contributed by atoms with E-state index in [0.29, 0.717) is 26.9 Å². The highest BCUT2D eigenvalue weighted by atomic mass is 35.5. The van der Waals surface area contributed by atoms with Crippen molar-refractivity contribution in [2.75, 3.05) is 17.3 Å². The van der Waals surface area contributed by atoms with Crippen molar-refractivity contribution in [3.05, 3.63) is 93.0 Å². The Labute approximate surface area is 180 Å². The van der Waals surface area contributed by atoms with E-state index >= 15 is 0 Å². The fourth-order valence-corrected chi connectivity index (χ4v) is 3.29. The average molecular weight is 427 g/mol. The van der Waals surface area contributed by atoms with Gasteiger partial charge in [-0.25, -0.2) is 0 Å². The maximum atomic E-state index is 13.0. The van der Waals surface area contributed by atoms with Crippen LogP contribution in [0.2, 0.25) is 10.0 Å². The van der Waals surface area contributed by atoms with Gasteiger partial charge in [0.1, 0.15) is 0 Å². The highest BCUT2D eigenvalue weighted by molar-refractivity contribution is 6.31. The van der Waals surface area contributed by atoms with Crippen molar-refractivity contribution in [3.63, 3.8) is 0 Å². The van der Waals surface area contributed by atoms with Gasteiger partial charge in [-0.15, -0.1) is 0 Å². The van der Waals surface area contributed by atoms with E-state index in [0.717, 1.165) is 16.8 Å². The number of benzene rings is 3. The normalized spacial score (nSPS) is 10.5. The molecule has 148 valence electrons. The lowest BCUT2D eigenvalue weighted by Gasteiger charge is -2.20. The van der Waals surface area contributed by atoms with Crippen LogP contribution in [0.25, 0.3) is 0 Å². The Morgan fingerprint density at radius 2 is 1.55 bits per heavy atom. The number of amides is 2. The molecule has 0 fully saturated rings. The predicted octanol–water partition coefficient (Wildman–Crippen LogP) is 6.14. The lowest BCUT2D eigenvalue weighted by atomic mass is 10.00. The van der Waals surface area contributed by atoms with E-state index in [2.05, 4.69) is 5.32 Å². The van der Waals surface area contributed by atoms with Gasteiger partial charge in [-0.1, -0.05) is 29.3 Å². The Hall–Kier alpha value is -2.82. The third-order valence-corrected chi connectivity index (χ3v) is 5.36. The van der Waals surface area contributed by atoms with Gasteiger partial charge in [-0.3, -0.25) is 9.59 Å². The summed E-state index contributed by atoms with van der Waals surface area (Å²) in [5.74, 6) is -0.395. The van der Waals surface area contributed by atoms with Gasteiger partial charge >= 0.3 is 0 Å². The van der Waals surface area contributed by atoms with Gasteiger partial charge in [0, 0.05) is 39.6 Å². The second-order valence-corrected chi connectivity index (χ2v) is 7.59. The molecule has 2 amide bonds. The van der Waals surface area contributed by atoms with Crippen molar-refractivity contribution in [2.45, 2.75) is 13.8 Å². The van der Waals surface area contributed by atoms with Crippen molar-refractivity contribution in [1.82, 2.24) is 0 Å². The molecule has 0 aromatic heterocycles. The van der Waals surface area contributed by atoms with Crippen LogP contribution < -0.4 is 10.2 Å². The van der Waals surface area contributed by atoms with E-state index in [-0.39, 0.29) is 11.8 Å². The minimum absolute atomic E-state index is 0.138. The molecule has 0 aliphatic rings. The minimum atomic E-state index is -0.257. The fourth-order valence-electron chi connectivity index (χ4n) is 2.97. The second kappa shape index (κ2) is 8.68. The van der Waals surface area contributed by atoms with E-state index in [1.807, 2.05) is 13.8 Å². The molecule has 0 spiro atoms. The molecule has 4 nitrogen and oxygen atoms in total. The standard InChI is InChI=1S/C23H20Cl2N2O2/c1-14-15(2)21(26-22(28)16-5-4-6-18(25)13-16)12-11-20(14)23(29)27(3)19-9-7-17(24)8-10-19/h4-13H,1-3H3,(H,26,28). The number of hydrogen-bond donors (Lipinski definition) is 1. The molecule has 0 radical (unpaired) electrons. The molecule has 3 aromatic rings. The van der Waals surface area contributed by atoms with Crippen molar-refractivity contribution in [1.29, 1.82) is 0 Å². The van der Waals surface area contributed by atoms with E-state index in [4.69, 9.17) is 23.2 Å². The van der Waals surface area contributed by atoms with E-state index in [1.165, 1.54) is 0 Å². The number of nitrogens with one attached hydrogen (secondary N) is 1. The third-order valence-electron chi connectivity index (χ3n) is 4.87. The molecule has 1 N–H and O–H groups in total. The molecule has 0 atom stereocenters. The molecule has 0 unspecified atom stereocenters. The highest BCUT2D eigenvalue weighted by Crippen LogP contribution is 2.26. The van der Waals surface area contributed by atoms with Gasteiger partial charge in [0.05, 0.1) is 0 Å². The number of anilines is 2. The second-order valence-electron chi connectivity index (χ2n) is 6.72. The number of carbonyl (C=O) groups excluding carboxylic acids is 2. The van der Waals surface area contributed by atoms with Crippen LogP contribution in [0.1, 0.15) is 31.8 Å². The van der Waals surface area contributed by atoms with Crippen LogP contribution in [0.15, 0.2) is 60.7 Å². The molecule has 0 saturated heterocycles. The zero-order valence-electron chi connectivity index (χ0n) is 16.3. The van der Waals surface area contributed by atoms with Crippen molar-refractivity contribution >= 4 is 46.4 Å². The van der Waals surface area contributed by atoms with Gasteiger partial charge in [0.25, 0.3) is 11.8 Å². The first-order valence-corrected chi connectivity index (χ1v) is 9.74. The Kier molecular flexibility index (Phi) is 6.26. The summed E-state index contributed by atoms with van der Waals surface area (Å²) >= 11 is 11.9. The molecular formula is C23H20Cl2N2O2. The number of rotatable bonds is 4. The van der Waals surface area contributed by atoms with Crippen LogP contribution in [0.4, 0.5) is 11.4 Å². The van der Waals surface area contributed by atoms with Gasteiger partial charge in [-0.05, 0) is 79.6 Å². The van der Waals surface area contributed by atoms with Gasteiger partial charge in [-0.2, -0.15) is 0 Å². The average Bonchev–Trinajstić information content (AvgIpc) is 2.71. The maximum Gasteiger partial charge on any atom is 0.258 e. The number of nitrogens with zero attached hydrogens (tertiary/aromatic N) is 1. The summed E-state index contributed by atoms with van der Waals surface area (Å²) in [5.41, 5.74) is 4.07. The van der Waals surface area contributed by atoms with Crippen LogP contribution in [0.3, 0.4) is 0 Å². The zero-order valence-corrected chi connectivity index (χ0v) is 17.8. The Bertz CT molecular complexity index is 1080. The van der Waals surface area contributed by atoms with Gasteiger partial charge in [0.15, 0.2) is 0 Å². The number of hydrogen-bond acceptors (Lipinski definition) is 2. The summed E-state index contributed by atoms with van der Waals surface area (Å²) in [6.07, 6.45) is 0. The smallest absolute Gasteiger partial charge is 0.258 e. The summed E-state index contributed by atoms with van der Waals surface area (Å²) in [4.78, 5) is 27.1. The largest absolute Gasteiger partial charge is 0.322 e. The van der Waals surface area contributed by atoms with Gasteiger partial charge < -0.3 is 10.2 Å². The minimum Gasteiger partial charge on any atom is -0.322 e. The topological polar surface area (TPSA) is 49.4 Å². The molecule has 0 aliphatic carbocycles. The third kappa shape index (κ3) is 4.61. The Balaban J connectivity index is 1.84. The summed E-state index contributed by atoms with van der Waals surface area (Å²) in [6.45, 7) is 3.75. The number of carbonyl (C=O) groups is 2. The van der Waals surface area contributed by atoms with Gasteiger partial charge in [0.2, 0.25) is 0 Å². The molecule has 0 heterocycles. The molecule has 3 rings (SSSR count). The maximum absolute atomic E-state index is 13.0. The van der Waals surface area contributed by atoms with Crippen molar-refractivity contribution in [2.24, 2.45) is 0 Å². The lowest BCUT2D eigenvalue weighted by molar-refractivity contribution is 0.0991. The van der Waals surface area contributed by atoms with E-state index in [9.17, 15) is 9.59 Å². The highest BCUT2D eigenvalue weighted by Gasteiger charge is 2.19. The van der Waals surface area contributed by atoms with Crippen LogP contribution in [-0.2, 0) is 0 Å². The predicted molar refractivity (Wildman–Crippen MR) is 120 cm³/mol. The molecule has 0 aliphatic heterocycles. The first-order chi connectivity index (χ1) is 13.8. The van der Waals surface area contributed by atoms with Crippen LogP contribution in [0, 0.1) is 13.8 Å². The molecule has 0 bridgehead atoms.